The van der Waals surface area contributed by atoms with Crippen LogP contribution in [0.3, 0.4) is 0 Å². The van der Waals surface area contributed by atoms with E-state index >= 15 is 0 Å². The topological polar surface area (TPSA) is 58.6 Å². The zero-order valence-electron chi connectivity index (χ0n) is 10.7. The van der Waals surface area contributed by atoms with Crippen LogP contribution in [0.4, 0.5) is 0 Å². The Kier molecular flexibility index (Phi) is 4.05. The quantitative estimate of drug-likeness (QED) is 0.753. The van der Waals surface area contributed by atoms with E-state index in [4.69, 9.17) is 4.74 Å². The molecule has 5 atom stereocenters. The Morgan fingerprint density at radius 2 is 2.18 bits per heavy atom. The molecule has 17 heavy (non-hydrogen) atoms. The molecule has 0 aromatic rings. The largest absolute Gasteiger partial charge is 0.396 e. The van der Waals surface area contributed by atoms with Gasteiger partial charge in [0.25, 0.3) is 0 Å². The molecule has 98 valence electrons. The Bertz CT molecular complexity index is 282. The summed E-state index contributed by atoms with van der Waals surface area (Å²) in [5, 5.41) is 12.5. The fourth-order valence-electron chi connectivity index (χ4n) is 3.49. The van der Waals surface area contributed by atoms with E-state index in [1.165, 1.54) is 19.3 Å². The molecule has 2 rings (SSSR count). The molecule has 0 aliphatic heterocycles. The van der Waals surface area contributed by atoms with Gasteiger partial charge in [0.15, 0.2) is 0 Å². The maximum atomic E-state index is 11.8. The number of aliphatic hydroxyl groups is 1. The van der Waals surface area contributed by atoms with Crippen LogP contribution in [-0.2, 0) is 9.53 Å². The highest BCUT2D eigenvalue weighted by Gasteiger charge is 2.47. The minimum Gasteiger partial charge on any atom is -0.396 e. The van der Waals surface area contributed by atoms with Gasteiger partial charge in [-0.15, -0.1) is 0 Å². The first-order chi connectivity index (χ1) is 8.15. The van der Waals surface area contributed by atoms with Crippen molar-refractivity contribution in [2.45, 2.75) is 44.8 Å². The number of hydrogen-bond acceptors (Lipinski definition) is 3. The van der Waals surface area contributed by atoms with E-state index in [-0.39, 0.29) is 30.6 Å². The van der Waals surface area contributed by atoms with Crippen molar-refractivity contribution in [3.63, 3.8) is 0 Å². The first-order valence-electron chi connectivity index (χ1n) is 6.58. The molecular formula is C13H23NO3. The Labute approximate surface area is 103 Å². The SMILES string of the molecule is COC(C)CC(=O)NC1C2CCC(C2)C1CO. The second-order valence-corrected chi connectivity index (χ2v) is 5.52. The Morgan fingerprint density at radius 3 is 2.82 bits per heavy atom. The summed E-state index contributed by atoms with van der Waals surface area (Å²) >= 11 is 0. The average molecular weight is 241 g/mol. The van der Waals surface area contributed by atoms with Gasteiger partial charge in [-0.05, 0) is 38.0 Å². The number of ether oxygens (including phenoxy) is 1. The molecule has 0 radical (unpaired) electrons. The molecular weight excluding hydrogens is 218 g/mol. The average Bonchev–Trinajstić information content (AvgIpc) is 2.89. The predicted molar refractivity (Wildman–Crippen MR) is 64.4 cm³/mol. The molecule has 4 nitrogen and oxygen atoms in total. The zero-order chi connectivity index (χ0) is 12.4. The van der Waals surface area contributed by atoms with Crippen LogP contribution in [0.2, 0.25) is 0 Å². The van der Waals surface area contributed by atoms with Gasteiger partial charge in [0.05, 0.1) is 12.5 Å². The Balaban J connectivity index is 1.87. The molecule has 2 bridgehead atoms. The summed E-state index contributed by atoms with van der Waals surface area (Å²) in [7, 11) is 1.62. The molecule has 2 aliphatic carbocycles. The lowest BCUT2D eigenvalue weighted by Crippen LogP contribution is -2.45. The van der Waals surface area contributed by atoms with Crippen LogP contribution >= 0.6 is 0 Å². The van der Waals surface area contributed by atoms with E-state index in [0.29, 0.717) is 18.3 Å². The molecule has 0 heterocycles. The van der Waals surface area contributed by atoms with Crippen LogP contribution in [0.1, 0.15) is 32.6 Å². The van der Waals surface area contributed by atoms with Gasteiger partial charge >= 0.3 is 0 Å². The van der Waals surface area contributed by atoms with Crippen molar-refractivity contribution >= 4 is 5.91 Å². The maximum Gasteiger partial charge on any atom is 0.222 e. The molecule has 0 spiro atoms. The number of methoxy groups -OCH3 is 1. The van der Waals surface area contributed by atoms with Crippen molar-refractivity contribution in [1.82, 2.24) is 5.32 Å². The number of aliphatic hydroxyl groups excluding tert-OH is 1. The molecule has 0 aromatic heterocycles. The molecule has 0 aromatic carbocycles. The predicted octanol–water partition coefficient (Wildman–Crippen LogP) is 0.935. The van der Waals surface area contributed by atoms with Gasteiger partial charge < -0.3 is 15.2 Å². The van der Waals surface area contributed by atoms with Crippen LogP contribution in [0.25, 0.3) is 0 Å². The van der Waals surface area contributed by atoms with E-state index in [1.807, 2.05) is 6.92 Å². The summed E-state index contributed by atoms with van der Waals surface area (Å²) in [6.07, 6.45) is 3.96. The number of fused-ring (bicyclic) bond motifs is 2. The second-order valence-electron chi connectivity index (χ2n) is 5.52. The Hall–Kier alpha value is -0.610. The lowest BCUT2D eigenvalue weighted by Gasteiger charge is -2.30. The second kappa shape index (κ2) is 5.36. The van der Waals surface area contributed by atoms with Gasteiger partial charge in [0.2, 0.25) is 5.91 Å². The smallest absolute Gasteiger partial charge is 0.222 e. The number of rotatable bonds is 5. The van der Waals surface area contributed by atoms with Crippen LogP contribution in [0.5, 0.6) is 0 Å². The third-order valence-corrected chi connectivity index (χ3v) is 4.50. The normalized spacial score (nSPS) is 37.1. The maximum absolute atomic E-state index is 11.8. The van der Waals surface area contributed by atoms with E-state index < -0.39 is 0 Å². The standard InChI is InChI=1S/C13H23NO3/c1-8(17-2)5-12(16)14-13-10-4-3-9(6-10)11(13)7-15/h8-11,13,15H,3-7H2,1-2H3,(H,14,16). The van der Waals surface area contributed by atoms with Crippen molar-refractivity contribution in [3.8, 4) is 0 Å². The lowest BCUT2D eigenvalue weighted by molar-refractivity contribution is -0.124. The van der Waals surface area contributed by atoms with Crippen LogP contribution in [0, 0.1) is 17.8 Å². The summed E-state index contributed by atoms with van der Waals surface area (Å²) in [5.41, 5.74) is 0. The number of amides is 1. The van der Waals surface area contributed by atoms with Gasteiger partial charge in [-0.3, -0.25) is 4.79 Å². The summed E-state index contributed by atoms with van der Waals surface area (Å²) < 4.78 is 5.09. The third-order valence-electron chi connectivity index (χ3n) is 4.50. The van der Waals surface area contributed by atoms with Crippen LogP contribution < -0.4 is 5.32 Å². The summed E-state index contributed by atoms with van der Waals surface area (Å²) in [5.74, 6) is 1.53. The van der Waals surface area contributed by atoms with Crippen molar-refractivity contribution in [2.24, 2.45) is 17.8 Å². The highest BCUT2D eigenvalue weighted by atomic mass is 16.5. The van der Waals surface area contributed by atoms with Crippen LogP contribution in [-0.4, -0.2) is 36.9 Å². The van der Waals surface area contributed by atoms with E-state index in [9.17, 15) is 9.90 Å². The molecule has 4 heteroatoms. The molecule has 2 aliphatic rings. The first kappa shape index (κ1) is 12.8. The Morgan fingerprint density at radius 1 is 1.47 bits per heavy atom. The summed E-state index contributed by atoms with van der Waals surface area (Å²) in [6, 6.07) is 0.190. The van der Waals surface area contributed by atoms with E-state index in [1.54, 1.807) is 7.11 Å². The molecule has 2 saturated carbocycles. The fourth-order valence-corrected chi connectivity index (χ4v) is 3.49. The fraction of sp³-hybridized carbons (Fsp3) is 0.923. The minimum absolute atomic E-state index is 0.0406. The number of carbonyl (C=O) groups excluding carboxylic acids is 1. The highest BCUT2D eigenvalue weighted by Crippen LogP contribution is 2.48. The summed E-state index contributed by atoms with van der Waals surface area (Å²) in [6.45, 7) is 2.09. The molecule has 0 saturated heterocycles. The third kappa shape index (κ3) is 2.63. The molecule has 5 unspecified atom stereocenters. The van der Waals surface area contributed by atoms with Crippen molar-refractivity contribution in [2.75, 3.05) is 13.7 Å². The molecule has 2 fully saturated rings. The molecule has 2 N–H and O–H groups in total. The van der Waals surface area contributed by atoms with Gasteiger partial charge in [-0.1, -0.05) is 0 Å². The summed E-state index contributed by atoms with van der Waals surface area (Å²) in [4.78, 5) is 11.8. The van der Waals surface area contributed by atoms with E-state index in [0.717, 1.165) is 0 Å². The van der Waals surface area contributed by atoms with Gasteiger partial charge in [0, 0.05) is 25.7 Å². The first-order valence-corrected chi connectivity index (χ1v) is 6.58. The monoisotopic (exact) mass is 241 g/mol. The van der Waals surface area contributed by atoms with Gasteiger partial charge in [0.1, 0.15) is 0 Å². The van der Waals surface area contributed by atoms with Gasteiger partial charge in [-0.25, -0.2) is 0 Å². The zero-order valence-corrected chi connectivity index (χ0v) is 10.7. The van der Waals surface area contributed by atoms with Crippen molar-refractivity contribution < 1.29 is 14.6 Å². The van der Waals surface area contributed by atoms with Crippen LogP contribution in [0.15, 0.2) is 0 Å². The minimum atomic E-state index is -0.0406. The number of nitrogens with one attached hydrogen (secondary N) is 1. The molecule has 1 amide bonds. The van der Waals surface area contributed by atoms with Crippen molar-refractivity contribution in [1.29, 1.82) is 0 Å². The van der Waals surface area contributed by atoms with E-state index in [2.05, 4.69) is 5.32 Å². The van der Waals surface area contributed by atoms with Gasteiger partial charge in [-0.2, -0.15) is 0 Å². The number of hydrogen-bond donors (Lipinski definition) is 2. The number of carbonyl (C=O) groups is 1. The lowest BCUT2D eigenvalue weighted by atomic mass is 9.85. The highest BCUT2D eigenvalue weighted by molar-refractivity contribution is 5.76. The van der Waals surface area contributed by atoms with Crippen molar-refractivity contribution in [3.05, 3.63) is 0 Å².